The molecule has 2 aromatic rings. The van der Waals surface area contributed by atoms with Crippen molar-refractivity contribution in [1.82, 2.24) is 0 Å². The van der Waals surface area contributed by atoms with Gasteiger partial charge in [-0.1, -0.05) is 17.7 Å². The average molecular weight is 277 g/mol. The third-order valence-corrected chi connectivity index (χ3v) is 3.22. The lowest BCUT2D eigenvalue weighted by atomic mass is 10.1. The lowest BCUT2D eigenvalue weighted by Gasteiger charge is -2.13. The van der Waals surface area contributed by atoms with Gasteiger partial charge in [-0.15, -0.1) is 0 Å². The molecule has 1 unspecified atom stereocenters. The normalized spacial score (nSPS) is 16.9. The zero-order valence-corrected chi connectivity index (χ0v) is 10.5. The molecule has 0 fully saturated rings. The lowest BCUT2D eigenvalue weighted by molar-refractivity contribution is -0.116. The summed E-state index contributed by atoms with van der Waals surface area (Å²) in [5.41, 5.74) is 2.04. The van der Waals surface area contributed by atoms with Crippen molar-refractivity contribution in [2.45, 2.75) is 6.04 Å². The minimum atomic E-state index is -0.560. The first-order chi connectivity index (χ1) is 9.13. The van der Waals surface area contributed by atoms with E-state index in [2.05, 4.69) is 10.6 Å². The van der Waals surface area contributed by atoms with Crippen molar-refractivity contribution >= 4 is 28.9 Å². The fourth-order valence-electron chi connectivity index (χ4n) is 2.12. The highest BCUT2D eigenvalue weighted by atomic mass is 35.5. The van der Waals surface area contributed by atoms with Gasteiger partial charge in [0.1, 0.15) is 11.9 Å². The number of amides is 1. The molecule has 1 amide bonds. The van der Waals surface area contributed by atoms with E-state index in [9.17, 15) is 9.18 Å². The summed E-state index contributed by atoms with van der Waals surface area (Å²) in [5, 5.41) is 6.32. The molecule has 2 aromatic carbocycles. The summed E-state index contributed by atoms with van der Waals surface area (Å²) in [4.78, 5) is 11.9. The Morgan fingerprint density at radius 3 is 2.84 bits per heavy atom. The maximum Gasteiger partial charge on any atom is 0.251 e. The molecule has 1 aliphatic rings. The van der Waals surface area contributed by atoms with Gasteiger partial charge in [0.2, 0.25) is 0 Å². The zero-order chi connectivity index (χ0) is 13.4. The monoisotopic (exact) mass is 276 g/mol. The number of nitrogens with one attached hydrogen (secondary N) is 2. The molecule has 1 atom stereocenters. The molecule has 3 rings (SSSR count). The number of hydrogen-bond acceptors (Lipinski definition) is 2. The first kappa shape index (κ1) is 12.0. The average Bonchev–Trinajstić information content (AvgIpc) is 2.66. The van der Waals surface area contributed by atoms with E-state index in [0.29, 0.717) is 10.7 Å². The molecule has 1 heterocycles. The van der Waals surface area contributed by atoms with Crippen molar-refractivity contribution in [3.63, 3.8) is 0 Å². The Balaban J connectivity index is 1.94. The van der Waals surface area contributed by atoms with Gasteiger partial charge in [-0.05, 0) is 36.4 Å². The number of rotatable bonds is 2. The van der Waals surface area contributed by atoms with Crippen LogP contribution in [0.15, 0.2) is 42.5 Å². The molecule has 3 nitrogen and oxygen atoms in total. The Labute approximate surface area is 114 Å². The van der Waals surface area contributed by atoms with Crippen molar-refractivity contribution in [1.29, 1.82) is 0 Å². The van der Waals surface area contributed by atoms with E-state index in [0.717, 1.165) is 11.3 Å². The quantitative estimate of drug-likeness (QED) is 0.880. The molecule has 0 aromatic heterocycles. The number of anilines is 2. The second kappa shape index (κ2) is 4.55. The minimum Gasteiger partial charge on any atom is -0.370 e. The maximum absolute atomic E-state index is 13.1. The van der Waals surface area contributed by atoms with Crippen LogP contribution in [0.4, 0.5) is 15.8 Å². The van der Waals surface area contributed by atoms with Gasteiger partial charge in [0.15, 0.2) is 0 Å². The Morgan fingerprint density at radius 1 is 1.21 bits per heavy atom. The molecule has 0 radical (unpaired) electrons. The standard InChI is InChI=1S/C14H10ClFN2O/c15-8-4-5-12-11(6-8)13(14(19)18-12)17-10-3-1-2-9(16)7-10/h1-7,13,17H,(H,18,19). The maximum atomic E-state index is 13.1. The number of hydrogen-bond donors (Lipinski definition) is 2. The first-order valence-electron chi connectivity index (χ1n) is 5.76. The summed E-state index contributed by atoms with van der Waals surface area (Å²) in [7, 11) is 0. The number of carbonyl (C=O) groups is 1. The molecule has 0 spiro atoms. The molecule has 1 aliphatic heterocycles. The van der Waals surface area contributed by atoms with Gasteiger partial charge in [0.25, 0.3) is 5.91 Å². The van der Waals surface area contributed by atoms with Crippen molar-refractivity contribution in [3.8, 4) is 0 Å². The van der Waals surface area contributed by atoms with Crippen molar-refractivity contribution in [2.75, 3.05) is 10.6 Å². The van der Waals surface area contributed by atoms with E-state index in [1.165, 1.54) is 12.1 Å². The Bertz CT molecular complexity index is 660. The van der Waals surface area contributed by atoms with Crippen molar-refractivity contribution < 1.29 is 9.18 Å². The minimum absolute atomic E-state index is 0.179. The number of benzene rings is 2. The summed E-state index contributed by atoms with van der Waals surface area (Å²) < 4.78 is 13.1. The predicted octanol–water partition coefficient (Wildman–Crippen LogP) is 3.58. The smallest absolute Gasteiger partial charge is 0.251 e. The molecule has 5 heteroatoms. The second-order valence-electron chi connectivity index (χ2n) is 4.31. The van der Waals surface area contributed by atoms with Crippen LogP contribution in [0.3, 0.4) is 0 Å². The summed E-state index contributed by atoms with van der Waals surface area (Å²) in [6.45, 7) is 0. The molecule has 96 valence electrons. The topological polar surface area (TPSA) is 41.1 Å². The fraction of sp³-hybridized carbons (Fsp3) is 0.0714. The molecule has 0 bridgehead atoms. The molecule has 0 saturated heterocycles. The highest BCUT2D eigenvalue weighted by Crippen LogP contribution is 2.35. The largest absolute Gasteiger partial charge is 0.370 e. The van der Waals surface area contributed by atoms with Gasteiger partial charge in [-0.3, -0.25) is 4.79 Å². The Morgan fingerprint density at radius 2 is 2.05 bits per heavy atom. The fourth-order valence-corrected chi connectivity index (χ4v) is 2.30. The van der Waals surface area contributed by atoms with E-state index < -0.39 is 6.04 Å². The Kier molecular flexibility index (Phi) is 2.87. The van der Waals surface area contributed by atoms with E-state index in [4.69, 9.17) is 11.6 Å². The summed E-state index contributed by atoms with van der Waals surface area (Å²) in [5.74, 6) is -0.531. The number of halogens is 2. The van der Waals surface area contributed by atoms with Gasteiger partial charge in [0.05, 0.1) is 0 Å². The SMILES string of the molecule is O=C1Nc2ccc(Cl)cc2C1Nc1cccc(F)c1. The van der Waals surface area contributed by atoms with E-state index >= 15 is 0 Å². The molecule has 2 N–H and O–H groups in total. The lowest BCUT2D eigenvalue weighted by Crippen LogP contribution is -2.19. The molecular formula is C14H10ClFN2O. The van der Waals surface area contributed by atoms with Crippen molar-refractivity contribution in [3.05, 3.63) is 58.9 Å². The highest BCUT2D eigenvalue weighted by molar-refractivity contribution is 6.31. The van der Waals surface area contributed by atoms with Crippen LogP contribution in [-0.4, -0.2) is 5.91 Å². The van der Waals surface area contributed by atoms with Crippen LogP contribution in [0.1, 0.15) is 11.6 Å². The van der Waals surface area contributed by atoms with Gasteiger partial charge in [0, 0.05) is 22.0 Å². The van der Waals surface area contributed by atoms with Crippen LogP contribution in [0.25, 0.3) is 0 Å². The van der Waals surface area contributed by atoms with Gasteiger partial charge >= 0.3 is 0 Å². The summed E-state index contributed by atoms with van der Waals surface area (Å²) >= 11 is 5.94. The van der Waals surface area contributed by atoms with E-state index in [-0.39, 0.29) is 11.7 Å². The molecule has 0 saturated carbocycles. The highest BCUT2D eigenvalue weighted by Gasteiger charge is 2.30. The molecule has 0 aliphatic carbocycles. The number of carbonyl (C=O) groups excluding carboxylic acids is 1. The summed E-state index contributed by atoms with van der Waals surface area (Å²) in [6.07, 6.45) is 0. The molecular weight excluding hydrogens is 267 g/mol. The van der Waals surface area contributed by atoms with Crippen molar-refractivity contribution in [2.24, 2.45) is 0 Å². The number of fused-ring (bicyclic) bond motifs is 1. The van der Waals surface area contributed by atoms with Crippen LogP contribution in [0.2, 0.25) is 5.02 Å². The van der Waals surface area contributed by atoms with Crippen LogP contribution < -0.4 is 10.6 Å². The summed E-state index contributed by atoms with van der Waals surface area (Å²) in [6, 6.07) is 10.6. The zero-order valence-electron chi connectivity index (χ0n) is 9.78. The first-order valence-corrected chi connectivity index (χ1v) is 6.14. The van der Waals surface area contributed by atoms with E-state index in [1.807, 2.05) is 0 Å². The Hall–Kier alpha value is -2.07. The van der Waals surface area contributed by atoms with Crippen LogP contribution >= 0.6 is 11.6 Å². The molecule has 19 heavy (non-hydrogen) atoms. The van der Waals surface area contributed by atoms with Crippen LogP contribution in [0.5, 0.6) is 0 Å². The third-order valence-electron chi connectivity index (χ3n) is 2.98. The van der Waals surface area contributed by atoms with Gasteiger partial charge < -0.3 is 10.6 Å². The van der Waals surface area contributed by atoms with Crippen LogP contribution in [0, 0.1) is 5.82 Å². The van der Waals surface area contributed by atoms with E-state index in [1.54, 1.807) is 30.3 Å². The second-order valence-corrected chi connectivity index (χ2v) is 4.74. The van der Waals surface area contributed by atoms with Gasteiger partial charge in [-0.25, -0.2) is 4.39 Å². The predicted molar refractivity (Wildman–Crippen MR) is 72.8 cm³/mol. The van der Waals surface area contributed by atoms with Gasteiger partial charge in [-0.2, -0.15) is 0 Å². The third kappa shape index (κ3) is 2.27. The van der Waals surface area contributed by atoms with Crippen LogP contribution in [-0.2, 0) is 4.79 Å².